The maximum absolute atomic E-state index is 12.8. The highest BCUT2D eigenvalue weighted by Gasteiger charge is 2.25. The van der Waals surface area contributed by atoms with Gasteiger partial charge >= 0.3 is 0 Å². The second-order valence-corrected chi connectivity index (χ2v) is 8.55. The average Bonchev–Trinajstić information content (AvgIpc) is 3.27. The number of nitrogens with zero attached hydrogens (tertiary/aromatic N) is 1. The molecule has 0 aliphatic carbocycles. The van der Waals surface area contributed by atoms with Crippen LogP contribution >= 0.6 is 15.9 Å². The average molecular weight is 534 g/mol. The van der Waals surface area contributed by atoms with Crippen LogP contribution in [0, 0.1) is 5.92 Å². The number of hydrazone groups is 1. The van der Waals surface area contributed by atoms with E-state index in [-0.39, 0.29) is 12.7 Å². The van der Waals surface area contributed by atoms with Crippen molar-refractivity contribution in [3.63, 3.8) is 0 Å². The fraction of sp³-hybridized carbons (Fsp3) is 0.375. The molecule has 0 radical (unpaired) electrons. The summed E-state index contributed by atoms with van der Waals surface area (Å²) in [7, 11) is 0. The van der Waals surface area contributed by atoms with E-state index in [9.17, 15) is 9.59 Å². The fourth-order valence-corrected chi connectivity index (χ4v) is 3.82. The molecule has 182 valence electrons. The van der Waals surface area contributed by atoms with Gasteiger partial charge < -0.3 is 24.3 Å². The molecular formula is C24H28BrN3O6. The molecule has 2 aromatic carbocycles. The van der Waals surface area contributed by atoms with Crippen LogP contribution in [0.3, 0.4) is 0 Å². The van der Waals surface area contributed by atoms with Crippen molar-refractivity contribution < 1.29 is 28.5 Å². The van der Waals surface area contributed by atoms with Gasteiger partial charge in [0.15, 0.2) is 23.0 Å². The molecule has 1 aliphatic heterocycles. The first-order chi connectivity index (χ1) is 16.3. The molecule has 34 heavy (non-hydrogen) atoms. The van der Waals surface area contributed by atoms with Crippen molar-refractivity contribution in [1.29, 1.82) is 0 Å². The predicted octanol–water partition coefficient (Wildman–Crippen LogP) is 3.88. The summed E-state index contributed by atoms with van der Waals surface area (Å²) in [6.07, 6.45) is 1.50. The lowest BCUT2D eigenvalue weighted by Crippen LogP contribution is -2.48. The highest BCUT2D eigenvalue weighted by molar-refractivity contribution is 9.10. The van der Waals surface area contributed by atoms with Crippen LogP contribution in [0.1, 0.15) is 43.6 Å². The first-order valence-electron chi connectivity index (χ1n) is 11.0. The van der Waals surface area contributed by atoms with Crippen molar-refractivity contribution in [2.45, 2.75) is 33.7 Å². The summed E-state index contributed by atoms with van der Waals surface area (Å²) in [5.41, 5.74) is 3.57. The summed E-state index contributed by atoms with van der Waals surface area (Å²) < 4.78 is 22.6. The standard InChI is InChI=1S/C24H28BrN3O6/c1-5-31-20-10-15(9-17(25)22(20)32-6-2)12-26-28-24(30)21(14(3)4)27-23(29)16-7-8-18-19(11-16)34-13-33-18/h7-12,14,21H,5-6,13H2,1-4H3,(H,27,29)(H,28,30)/b26-12+. The number of amides is 2. The molecule has 1 atom stereocenters. The minimum absolute atomic E-state index is 0.117. The Labute approximate surface area is 206 Å². The first kappa shape index (κ1) is 25.4. The van der Waals surface area contributed by atoms with E-state index in [4.69, 9.17) is 18.9 Å². The van der Waals surface area contributed by atoms with Crippen LogP contribution in [-0.2, 0) is 4.79 Å². The Morgan fingerprint density at radius 1 is 1.12 bits per heavy atom. The van der Waals surface area contributed by atoms with E-state index in [0.717, 1.165) is 0 Å². The number of hydrogen-bond acceptors (Lipinski definition) is 7. The van der Waals surface area contributed by atoms with Gasteiger partial charge in [0.25, 0.3) is 11.8 Å². The number of hydrogen-bond donors (Lipinski definition) is 2. The van der Waals surface area contributed by atoms with Crippen molar-refractivity contribution in [3.8, 4) is 23.0 Å². The molecular weight excluding hydrogens is 506 g/mol. The zero-order chi connectivity index (χ0) is 24.7. The van der Waals surface area contributed by atoms with Crippen LogP contribution in [-0.4, -0.2) is 44.1 Å². The number of ether oxygens (including phenoxy) is 4. The quantitative estimate of drug-likeness (QED) is 0.354. The van der Waals surface area contributed by atoms with Crippen LogP contribution in [0.15, 0.2) is 39.9 Å². The summed E-state index contributed by atoms with van der Waals surface area (Å²) in [5.74, 6) is 1.26. The molecule has 0 fully saturated rings. The van der Waals surface area contributed by atoms with E-state index in [2.05, 4.69) is 31.8 Å². The van der Waals surface area contributed by atoms with Gasteiger partial charge in [-0.3, -0.25) is 9.59 Å². The highest BCUT2D eigenvalue weighted by atomic mass is 79.9. The Balaban J connectivity index is 1.67. The number of nitrogens with one attached hydrogen (secondary N) is 2. The van der Waals surface area contributed by atoms with E-state index in [1.54, 1.807) is 24.3 Å². The topological polar surface area (TPSA) is 107 Å². The third kappa shape index (κ3) is 6.19. The lowest BCUT2D eigenvalue weighted by molar-refractivity contribution is -0.123. The van der Waals surface area contributed by atoms with Gasteiger partial charge in [-0.05, 0) is 71.6 Å². The number of benzene rings is 2. The maximum Gasteiger partial charge on any atom is 0.262 e. The summed E-state index contributed by atoms with van der Waals surface area (Å²) in [5, 5.41) is 6.82. The van der Waals surface area contributed by atoms with Crippen molar-refractivity contribution in [2.75, 3.05) is 20.0 Å². The monoisotopic (exact) mass is 533 g/mol. The van der Waals surface area contributed by atoms with Gasteiger partial charge in [-0.25, -0.2) is 5.43 Å². The molecule has 1 unspecified atom stereocenters. The molecule has 9 nitrogen and oxygen atoms in total. The van der Waals surface area contributed by atoms with Crippen LogP contribution in [0.2, 0.25) is 0 Å². The second kappa shape index (κ2) is 11.7. The summed E-state index contributed by atoms with van der Waals surface area (Å²) >= 11 is 3.48. The highest BCUT2D eigenvalue weighted by Crippen LogP contribution is 2.36. The zero-order valence-corrected chi connectivity index (χ0v) is 21.1. The Bertz CT molecular complexity index is 1070. The lowest BCUT2D eigenvalue weighted by Gasteiger charge is -2.20. The predicted molar refractivity (Wildman–Crippen MR) is 131 cm³/mol. The van der Waals surface area contributed by atoms with Gasteiger partial charge in [-0.2, -0.15) is 5.10 Å². The van der Waals surface area contributed by atoms with Gasteiger partial charge in [0, 0.05) is 5.56 Å². The summed E-state index contributed by atoms with van der Waals surface area (Å²) in [6, 6.07) is 7.67. The van der Waals surface area contributed by atoms with E-state index in [0.29, 0.717) is 51.8 Å². The molecule has 2 amide bonds. The molecule has 0 aromatic heterocycles. The Morgan fingerprint density at radius 3 is 2.56 bits per heavy atom. The number of carbonyl (C=O) groups is 2. The molecule has 0 saturated heterocycles. The molecule has 3 rings (SSSR count). The van der Waals surface area contributed by atoms with Gasteiger partial charge in [-0.1, -0.05) is 13.8 Å². The Morgan fingerprint density at radius 2 is 1.85 bits per heavy atom. The first-order valence-corrected chi connectivity index (χ1v) is 11.8. The summed E-state index contributed by atoms with van der Waals surface area (Å²) in [6.45, 7) is 8.54. The van der Waals surface area contributed by atoms with Crippen LogP contribution in [0.5, 0.6) is 23.0 Å². The lowest BCUT2D eigenvalue weighted by atomic mass is 10.0. The molecule has 0 spiro atoms. The Kier molecular flexibility index (Phi) is 8.75. The minimum Gasteiger partial charge on any atom is -0.490 e. The smallest absolute Gasteiger partial charge is 0.262 e. The van der Waals surface area contributed by atoms with E-state index in [1.165, 1.54) is 6.21 Å². The molecule has 10 heteroatoms. The van der Waals surface area contributed by atoms with Crippen molar-refractivity contribution in [3.05, 3.63) is 45.9 Å². The molecule has 1 aliphatic rings. The number of halogens is 1. The molecule has 0 saturated carbocycles. The molecule has 1 heterocycles. The third-order valence-electron chi connectivity index (χ3n) is 4.88. The third-order valence-corrected chi connectivity index (χ3v) is 5.47. The van der Waals surface area contributed by atoms with E-state index in [1.807, 2.05) is 33.8 Å². The van der Waals surface area contributed by atoms with Gasteiger partial charge in [0.1, 0.15) is 6.04 Å². The molecule has 2 aromatic rings. The van der Waals surface area contributed by atoms with Crippen LogP contribution in [0.25, 0.3) is 0 Å². The summed E-state index contributed by atoms with van der Waals surface area (Å²) in [4.78, 5) is 25.5. The SMILES string of the molecule is CCOc1cc(/C=N/NC(=O)C(NC(=O)c2ccc3c(c2)OCO3)C(C)C)cc(Br)c1OCC. The Hall–Kier alpha value is -3.27. The number of carbonyl (C=O) groups excluding carboxylic acids is 2. The van der Waals surface area contributed by atoms with Crippen molar-refractivity contribution >= 4 is 34.0 Å². The van der Waals surface area contributed by atoms with Crippen molar-refractivity contribution in [2.24, 2.45) is 11.0 Å². The zero-order valence-electron chi connectivity index (χ0n) is 19.5. The normalized spacial score (nSPS) is 13.1. The van der Waals surface area contributed by atoms with Crippen LogP contribution in [0.4, 0.5) is 0 Å². The maximum atomic E-state index is 12.8. The van der Waals surface area contributed by atoms with Gasteiger partial charge in [-0.15, -0.1) is 0 Å². The number of rotatable bonds is 10. The molecule has 0 bridgehead atoms. The largest absolute Gasteiger partial charge is 0.490 e. The van der Waals surface area contributed by atoms with E-state index < -0.39 is 17.9 Å². The van der Waals surface area contributed by atoms with Crippen LogP contribution < -0.4 is 29.7 Å². The molecule has 2 N–H and O–H groups in total. The van der Waals surface area contributed by atoms with Crippen molar-refractivity contribution in [1.82, 2.24) is 10.7 Å². The second-order valence-electron chi connectivity index (χ2n) is 7.69. The number of fused-ring (bicyclic) bond motifs is 1. The van der Waals surface area contributed by atoms with Gasteiger partial charge in [0.05, 0.1) is 23.9 Å². The minimum atomic E-state index is -0.791. The fourth-order valence-electron chi connectivity index (χ4n) is 3.25. The van der Waals surface area contributed by atoms with Gasteiger partial charge in [0.2, 0.25) is 6.79 Å². The van der Waals surface area contributed by atoms with E-state index >= 15 is 0 Å².